The lowest BCUT2D eigenvalue weighted by atomic mass is 10.0. The molecule has 1 fully saturated rings. The summed E-state index contributed by atoms with van der Waals surface area (Å²) in [6, 6.07) is 6.15. The van der Waals surface area contributed by atoms with Gasteiger partial charge in [-0.3, -0.25) is 0 Å². The van der Waals surface area contributed by atoms with Gasteiger partial charge in [-0.2, -0.15) is 0 Å². The van der Waals surface area contributed by atoms with Crippen LogP contribution in [0, 0.1) is 6.08 Å². The first-order chi connectivity index (χ1) is 7.36. The fourth-order valence-corrected chi connectivity index (χ4v) is 1.83. The first-order valence-electron chi connectivity index (χ1n) is 5.65. The summed E-state index contributed by atoms with van der Waals surface area (Å²) in [5.74, 6) is 1.72. The summed E-state index contributed by atoms with van der Waals surface area (Å²) >= 11 is 0. The van der Waals surface area contributed by atoms with Crippen molar-refractivity contribution in [3.63, 3.8) is 0 Å². The lowest BCUT2D eigenvalue weighted by molar-refractivity contribution is 0.314. The van der Waals surface area contributed by atoms with Crippen molar-refractivity contribution in [1.82, 2.24) is 0 Å². The molecule has 0 bridgehead atoms. The summed E-state index contributed by atoms with van der Waals surface area (Å²) in [6.45, 7) is 6.66. The molecule has 0 saturated heterocycles. The Kier molecular flexibility index (Phi) is 3.10. The summed E-state index contributed by atoms with van der Waals surface area (Å²) < 4.78 is 5.76. The normalized spacial score (nSPS) is 15.0. The van der Waals surface area contributed by atoms with E-state index >= 15 is 0 Å². The molecule has 0 atom stereocenters. The van der Waals surface area contributed by atoms with E-state index in [9.17, 15) is 0 Å². The van der Waals surface area contributed by atoms with E-state index in [1.807, 2.05) is 6.07 Å². The molecule has 1 heteroatoms. The highest BCUT2D eigenvalue weighted by atomic mass is 16.5. The zero-order valence-electron chi connectivity index (χ0n) is 9.25. The molecule has 0 N–H and O–H groups in total. The van der Waals surface area contributed by atoms with Crippen molar-refractivity contribution >= 4 is 0 Å². The van der Waals surface area contributed by atoms with E-state index in [1.165, 1.54) is 18.4 Å². The first kappa shape index (κ1) is 10.3. The van der Waals surface area contributed by atoms with Gasteiger partial charge in [0.2, 0.25) is 0 Å². The quantitative estimate of drug-likeness (QED) is 0.706. The maximum atomic E-state index is 5.76. The lowest BCUT2D eigenvalue weighted by Gasteiger charge is -2.12. The Balaban J connectivity index is 2.30. The largest absolute Gasteiger partial charge is 0.493 e. The van der Waals surface area contributed by atoms with Gasteiger partial charge < -0.3 is 4.74 Å². The predicted octanol–water partition coefficient (Wildman–Crippen LogP) is 3.69. The Morgan fingerprint density at radius 3 is 2.87 bits per heavy atom. The number of hydrogen-bond acceptors (Lipinski definition) is 1. The molecule has 1 aliphatic carbocycles. The molecule has 0 unspecified atom stereocenters. The molecule has 1 saturated carbocycles. The lowest BCUT2D eigenvalue weighted by Crippen LogP contribution is -1.99. The third-order valence-electron chi connectivity index (χ3n) is 2.70. The molecular weight excluding hydrogens is 184 g/mol. The zero-order chi connectivity index (χ0) is 10.7. The molecular formula is C14H17O. The van der Waals surface area contributed by atoms with Crippen LogP contribution in [-0.2, 0) is 0 Å². The Morgan fingerprint density at radius 1 is 1.47 bits per heavy atom. The minimum atomic E-state index is 0.683. The van der Waals surface area contributed by atoms with Gasteiger partial charge in [-0.15, -0.1) is 0 Å². The third-order valence-corrected chi connectivity index (χ3v) is 2.70. The molecule has 0 amide bonds. The highest BCUT2D eigenvalue weighted by molar-refractivity contribution is 5.47. The second-order valence-electron chi connectivity index (χ2n) is 4.02. The molecule has 1 aromatic rings. The van der Waals surface area contributed by atoms with E-state index in [-0.39, 0.29) is 0 Å². The number of rotatable bonds is 5. The average Bonchev–Trinajstić information content (AvgIpc) is 3.09. The van der Waals surface area contributed by atoms with E-state index in [0.29, 0.717) is 5.92 Å². The van der Waals surface area contributed by atoms with Gasteiger partial charge in [-0.25, -0.2) is 0 Å². The summed E-state index contributed by atoms with van der Waals surface area (Å²) in [4.78, 5) is 0. The third kappa shape index (κ3) is 2.23. The fraction of sp³-hybridized carbons (Fsp3) is 0.429. The molecule has 1 nitrogen and oxygen atoms in total. The first-order valence-corrected chi connectivity index (χ1v) is 5.65. The minimum absolute atomic E-state index is 0.683. The van der Waals surface area contributed by atoms with Gasteiger partial charge in [0.25, 0.3) is 0 Å². The van der Waals surface area contributed by atoms with Gasteiger partial charge in [0, 0.05) is 5.56 Å². The van der Waals surface area contributed by atoms with E-state index in [1.54, 1.807) is 0 Å². The van der Waals surface area contributed by atoms with E-state index in [0.717, 1.165) is 24.3 Å². The molecule has 0 aromatic heterocycles. The second-order valence-corrected chi connectivity index (χ2v) is 4.02. The van der Waals surface area contributed by atoms with Crippen LogP contribution in [0.15, 0.2) is 24.8 Å². The molecule has 0 heterocycles. The smallest absolute Gasteiger partial charge is 0.123 e. The number of hydrogen-bond donors (Lipinski definition) is 0. The van der Waals surface area contributed by atoms with Crippen LogP contribution in [0.5, 0.6) is 5.75 Å². The van der Waals surface area contributed by atoms with Gasteiger partial charge in [-0.1, -0.05) is 25.6 Å². The topological polar surface area (TPSA) is 9.23 Å². The molecule has 0 aliphatic heterocycles. The molecule has 1 aromatic carbocycles. The van der Waals surface area contributed by atoms with Gasteiger partial charge >= 0.3 is 0 Å². The van der Waals surface area contributed by atoms with Crippen LogP contribution < -0.4 is 4.74 Å². The second kappa shape index (κ2) is 4.52. The molecule has 1 radical (unpaired) electrons. The summed E-state index contributed by atoms with van der Waals surface area (Å²) in [6.07, 6.45) is 6.61. The van der Waals surface area contributed by atoms with Crippen molar-refractivity contribution < 1.29 is 4.74 Å². The van der Waals surface area contributed by atoms with E-state index in [2.05, 4.69) is 31.7 Å². The van der Waals surface area contributed by atoms with Gasteiger partial charge in [0.1, 0.15) is 5.75 Å². The monoisotopic (exact) mass is 201 g/mol. The van der Waals surface area contributed by atoms with Crippen LogP contribution in [0.1, 0.15) is 43.2 Å². The van der Waals surface area contributed by atoms with Crippen molar-refractivity contribution in [2.75, 3.05) is 6.61 Å². The highest BCUT2D eigenvalue weighted by Crippen LogP contribution is 2.46. The van der Waals surface area contributed by atoms with Gasteiger partial charge in [0.15, 0.2) is 0 Å². The van der Waals surface area contributed by atoms with E-state index < -0.39 is 0 Å². The summed E-state index contributed by atoms with van der Waals surface area (Å²) in [7, 11) is 0. The Morgan fingerprint density at radius 2 is 2.27 bits per heavy atom. The Labute approximate surface area is 91.8 Å². The molecule has 79 valence electrons. The average molecular weight is 201 g/mol. The van der Waals surface area contributed by atoms with Crippen LogP contribution >= 0.6 is 0 Å². The van der Waals surface area contributed by atoms with Gasteiger partial charge in [0.05, 0.1) is 6.61 Å². The maximum absolute atomic E-state index is 5.76. The summed E-state index contributed by atoms with van der Waals surface area (Å²) in [5, 5.41) is 0. The molecule has 2 rings (SSSR count). The van der Waals surface area contributed by atoms with Crippen molar-refractivity contribution in [2.45, 2.75) is 32.1 Å². The SMILES string of the molecule is C=[C]c1cccc(OCCC)c1C1CC1. The standard InChI is InChI=1S/C14H17O/c1-3-10-15-13-7-5-6-11(4-2)14(13)12-8-9-12/h5-7,12H,2-3,8-10H2,1H3. The van der Waals surface area contributed by atoms with Crippen molar-refractivity contribution in [1.29, 1.82) is 0 Å². The fourth-order valence-electron chi connectivity index (χ4n) is 1.83. The molecule has 1 aliphatic rings. The Bertz CT molecular complexity index is 350. The van der Waals surface area contributed by atoms with Crippen molar-refractivity contribution in [3.05, 3.63) is 42.0 Å². The zero-order valence-corrected chi connectivity index (χ0v) is 9.25. The Hall–Kier alpha value is -1.24. The number of ether oxygens (including phenoxy) is 1. The van der Waals surface area contributed by atoms with Gasteiger partial charge in [-0.05, 0) is 42.9 Å². The maximum Gasteiger partial charge on any atom is 0.123 e. The van der Waals surface area contributed by atoms with Crippen LogP contribution in [0.3, 0.4) is 0 Å². The van der Waals surface area contributed by atoms with Crippen LogP contribution in [0.25, 0.3) is 0 Å². The van der Waals surface area contributed by atoms with E-state index in [4.69, 9.17) is 4.74 Å². The predicted molar refractivity (Wildman–Crippen MR) is 62.2 cm³/mol. The van der Waals surface area contributed by atoms with Crippen molar-refractivity contribution in [3.8, 4) is 5.75 Å². The highest BCUT2D eigenvalue weighted by Gasteiger charge is 2.28. The van der Waals surface area contributed by atoms with Crippen LogP contribution in [-0.4, -0.2) is 6.61 Å². The minimum Gasteiger partial charge on any atom is -0.493 e. The van der Waals surface area contributed by atoms with Crippen LogP contribution in [0.4, 0.5) is 0 Å². The van der Waals surface area contributed by atoms with Crippen LogP contribution in [0.2, 0.25) is 0 Å². The molecule has 15 heavy (non-hydrogen) atoms. The molecule has 0 spiro atoms. The number of benzene rings is 1. The van der Waals surface area contributed by atoms with Crippen molar-refractivity contribution in [2.24, 2.45) is 0 Å². The summed E-state index contributed by atoms with van der Waals surface area (Å²) in [5.41, 5.74) is 2.44.